The van der Waals surface area contributed by atoms with E-state index in [1.807, 2.05) is 0 Å². The van der Waals surface area contributed by atoms with Crippen molar-refractivity contribution in [1.29, 1.82) is 0 Å². The van der Waals surface area contributed by atoms with Gasteiger partial charge in [-0.1, -0.05) is 13.2 Å². The second-order valence-corrected chi connectivity index (χ2v) is 8.95. The zero-order valence-corrected chi connectivity index (χ0v) is 23.5. The second kappa shape index (κ2) is 16.5. The Hall–Kier alpha value is -3.90. The minimum absolute atomic E-state index is 0.0339. The van der Waals surface area contributed by atoms with Gasteiger partial charge >= 0.3 is 23.8 Å². The maximum absolute atomic E-state index is 14.9. The van der Waals surface area contributed by atoms with Crippen LogP contribution in [-0.4, -0.2) is 64.8 Å². The molecule has 2 rings (SSSR count). The number of hydrogen-bond acceptors (Lipinski definition) is 8. The van der Waals surface area contributed by atoms with Crippen LogP contribution in [0.4, 0.5) is 17.6 Å². The molecule has 0 unspecified atom stereocenters. The molecule has 0 N–H and O–H groups in total. The smallest absolute Gasteiger partial charge is 0.339 e. The number of benzene rings is 2. The summed E-state index contributed by atoms with van der Waals surface area (Å²) in [5, 5.41) is 0. The fourth-order valence-corrected chi connectivity index (χ4v) is 3.16. The molecule has 0 aromatic heterocycles. The van der Waals surface area contributed by atoms with Crippen molar-refractivity contribution in [2.75, 3.05) is 52.9 Å². The number of esters is 2. The average Bonchev–Trinajstić information content (AvgIpc) is 2.96. The topological polar surface area (TPSA) is 89.5 Å². The highest BCUT2D eigenvalue weighted by Gasteiger charge is 2.58. The Morgan fingerprint density at radius 3 is 1.19 bits per heavy atom. The zero-order valence-electron chi connectivity index (χ0n) is 23.5. The molecule has 42 heavy (non-hydrogen) atoms. The molecule has 2 aromatic carbocycles. The van der Waals surface area contributed by atoms with Crippen molar-refractivity contribution in [3.05, 3.63) is 84.0 Å². The molecule has 0 atom stereocenters. The first-order valence-corrected chi connectivity index (χ1v) is 12.9. The Balaban J connectivity index is 1.79. The van der Waals surface area contributed by atoms with E-state index in [1.165, 1.54) is 13.8 Å². The largest absolute Gasteiger partial charge is 0.491 e. The van der Waals surface area contributed by atoms with Crippen LogP contribution in [0.5, 0.6) is 11.5 Å². The van der Waals surface area contributed by atoms with Crippen molar-refractivity contribution in [3.8, 4) is 11.5 Å². The number of rotatable bonds is 19. The van der Waals surface area contributed by atoms with Crippen LogP contribution >= 0.6 is 0 Å². The first-order valence-electron chi connectivity index (χ1n) is 12.9. The average molecular weight is 599 g/mol. The van der Waals surface area contributed by atoms with Crippen molar-refractivity contribution < 1.29 is 55.6 Å². The molecule has 0 aliphatic heterocycles. The maximum atomic E-state index is 14.9. The Morgan fingerprint density at radius 2 is 0.881 bits per heavy atom. The van der Waals surface area contributed by atoms with Gasteiger partial charge in [-0.15, -0.1) is 0 Å². The first-order chi connectivity index (χ1) is 19.9. The molecule has 0 fully saturated rings. The van der Waals surface area contributed by atoms with E-state index in [4.69, 9.17) is 28.4 Å². The second-order valence-electron chi connectivity index (χ2n) is 8.95. The van der Waals surface area contributed by atoms with Crippen molar-refractivity contribution in [2.45, 2.75) is 25.7 Å². The van der Waals surface area contributed by atoms with Crippen LogP contribution in [-0.2, 0) is 40.4 Å². The lowest BCUT2D eigenvalue weighted by Gasteiger charge is -2.27. The highest BCUT2D eigenvalue weighted by atomic mass is 19.3. The van der Waals surface area contributed by atoms with Crippen LogP contribution in [0.2, 0.25) is 0 Å². The molecule has 0 radical (unpaired) electrons. The summed E-state index contributed by atoms with van der Waals surface area (Å²) in [6.07, 6.45) is 0. The third-order valence-corrected chi connectivity index (χ3v) is 5.44. The summed E-state index contributed by atoms with van der Waals surface area (Å²) < 4.78 is 90.5. The van der Waals surface area contributed by atoms with E-state index in [-0.39, 0.29) is 75.5 Å². The van der Waals surface area contributed by atoms with E-state index in [2.05, 4.69) is 13.2 Å². The Bertz CT molecular complexity index is 1090. The Labute approximate surface area is 241 Å². The predicted octanol–water partition coefficient (Wildman–Crippen LogP) is 5.60. The molecule has 0 spiro atoms. The fraction of sp³-hybridized carbons (Fsp3) is 0.400. The van der Waals surface area contributed by atoms with Crippen LogP contribution in [0.15, 0.2) is 72.8 Å². The third kappa shape index (κ3) is 10.5. The van der Waals surface area contributed by atoms with E-state index in [9.17, 15) is 27.2 Å². The summed E-state index contributed by atoms with van der Waals surface area (Å²) in [7, 11) is 0. The summed E-state index contributed by atoms with van der Waals surface area (Å²) in [6.45, 7) is 10.6. The molecular weight excluding hydrogens is 564 g/mol. The van der Waals surface area contributed by atoms with Gasteiger partial charge in [0.25, 0.3) is 0 Å². The number of carbonyl (C=O) groups is 2. The van der Waals surface area contributed by atoms with Crippen molar-refractivity contribution in [1.82, 2.24) is 0 Å². The highest BCUT2D eigenvalue weighted by molar-refractivity contribution is 5.87. The van der Waals surface area contributed by atoms with E-state index >= 15 is 0 Å². The number of ether oxygens (including phenoxy) is 6. The van der Waals surface area contributed by atoms with Crippen LogP contribution in [0.1, 0.15) is 25.0 Å². The molecule has 0 heterocycles. The van der Waals surface area contributed by atoms with Crippen molar-refractivity contribution in [2.24, 2.45) is 0 Å². The number of carbonyl (C=O) groups excluding carboxylic acids is 2. The summed E-state index contributed by atoms with van der Waals surface area (Å²) in [6, 6.07) is 8.15. The predicted molar refractivity (Wildman–Crippen MR) is 145 cm³/mol. The SMILES string of the molecule is C=C(C)C(=O)OCCOCCOc1ccc(C(F)(F)C(F)(F)c2ccc(OCCOCCOC(=O)C(=C)C)cc2)cc1. The van der Waals surface area contributed by atoms with Crippen LogP contribution < -0.4 is 9.47 Å². The normalized spacial score (nSPS) is 11.5. The molecule has 0 aliphatic rings. The van der Waals surface area contributed by atoms with E-state index in [1.54, 1.807) is 0 Å². The molecule has 230 valence electrons. The van der Waals surface area contributed by atoms with Gasteiger partial charge in [0.2, 0.25) is 0 Å². The van der Waals surface area contributed by atoms with Gasteiger partial charge in [-0.2, -0.15) is 17.6 Å². The van der Waals surface area contributed by atoms with E-state index < -0.39 is 34.9 Å². The quantitative estimate of drug-likeness (QED) is 0.0894. The minimum Gasteiger partial charge on any atom is -0.491 e. The van der Waals surface area contributed by atoms with Gasteiger partial charge in [-0.25, -0.2) is 9.59 Å². The standard InChI is InChI=1S/C30H34F4O8/c1-21(2)27(35)41-19-15-37-13-17-39-25-9-5-23(6-10-25)29(31,32)30(33,34)24-7-11-26(12-8-24)40-18-14-38-16-20-42-28(36)22(3)4/h5-12H,1,3,13-20H2,2,4H3. The summed E-state index contributed by atoms with van der Waals surface area (Å²) >= 11 is 0. The maximum Gasteiger partial charge on any atom is 0.339 e. The minimum atomic E-state index is -4.51. The lowest BCUT2D eigenvalue weighted by atomic mass is 9.96. The molecular formula is C30H34F4O8. The molecule has 12 heteroatoms. The van der Waals surface area contributed by atoms with Crippen molar-refractivity contribution in [3.63, 3.8) is 0 Å². The van der Waals surface area contributed by atoms with Gasteiger partial charge in [0.1, 0.15) is 37.9 Å². The summed E-state index contributed by atoms with van der Waals surface area (Å²) in [4.78, 5) is 22.5. The molecule has 0 saturated carbocycles. The molecule has 2 aromatic rings. The van der Waals surface area contributed by atoms with Crippen LogP contribution in [0.25, 0.3) is 0 Å². The number of halogens is 4. The molecule has 0 bridgehead atoms. The Morgan fingerprint density at radius 1 is 0.571 bits per heavy atom. The Kier molecular flexibility index (Phi) is 13.5. The molecule has 0 aliphatic carbocycles. The van der Waals surface area contributed by atoms with E-state index in [0.717, 1.165) is 48.5 Å². The monoisotopic (exact) mass is 598 g/mol. The first kappa shape index (κ1) is 34.3. The van der Waals surface area contributed by atoms with Gasteiger partial charge in [0.15, 0.2) is 0 Å². The molecule has 0 amide bonds. The molecule has 0 saturated heterocycles. The van der Waals surface area contributed by atoms with E-state index in [0.29, 0.717) is 0 Å². The number of alkyl halides is 4. The summed E-state index contributed by atoms with van der Waals surface area (Å²) in [5.41, 5.74) is -1.24. The highest BCUT2D eigenvalue weighted by Crippen LogP contribution is 2.49. The number of hydrogen-bond donors (Lipinski definition) is 0. The van der Waals surface area contributed by atoms with Gasteiger partial charge < -0.3 is 28.4 Å². The van der Waals surface area contributed by atoms with Crippen LogP contribution in [0.3, 0.4) is 0 Å². The fourth-order valence-electron chi connectivity index (χ4n) is 3.16. The van der Waals surface area contributed by atoms with Crippen LogP contribution in [0, 0.1) is 0 Å². The summed E-state index contributed by atoms with van der Waals surface area (Å²) in [5.74, 6) is -9.71. The zero-order chi connectivity index (χ0) is 31.2. The van der Waals surface area contributed by atoms with Gasteiger partial charge in [-0.05, 0) is 62.4 Å². The van der Waals surface area contributed by atoms with Crippen molar-refractivity contribution >= 4 is 11.9 Å². The van der Waals surface area contributed by atoms with Gasteiger partial charge in [-0.3, -0.25) is 0 Å². The lowest BCUT2D eigenvalue weighted by molar-refractivity contribution is -0.223. The third-order valence-electron chi connectivity index (χ3n) is 5.44. The van der Waals surface area contributed by atoms with Gasteiger partial charge in [0, 0.05) is 22.3 Å². The molecule has 8 nitrogen and oxygen atoms in total. The van der Waals surface area contributed by atoms with Gasteiger partial charge in [0.05, 0.1) is 26.4 Å². The lowest BCUT2D eigenvalue weighted by Crippen LogP contribution is -2.35.